The molecule has 0 N–H and O–H groups in total. The molecule has 1 unspecified atom stereocenters. The van der Waals surface area contributed by atoms with Gasteiger partial charge in [0.15, 0.2) is 0 Å². The maximum absolute atomic E-state index is 6.40. The van der Waals surface area contributed by atoms with Gasteiger partial charge < -0.3 is 9.47 Å². The molecular weight excluding hydrogens is 432 g/mol. The SMILES string of the molecule is Cc1ccccc1C(C[n+]1ccn(CCCOc2cccc(Cl)c2)c1)OCc1ccccc1. The van der Waals surface area contributed by atoms with Gasteiger partial charge in [-0.1, -0.05) is 72.3 Å². The zero-order valence-electron chi connectivity index (χ0n) is 18.9. The molecule has 4 nitrogen and oxygen atoms in total. The molecule has 0 amide bonds. The van der Waals surface area contributed by atoms with Crippen molar-refractivity contribution in [3.63, 3.8) is 0 Å². The normalized spacial score (nSPS) is 11.9. The highest BCUT2D eigenvalue weighted by atomic mass is 35.5. The summed E-state index contributed by atoms with van der Waals surface area (Å²) in [4.78, 5) is 0. The van der Waals surface area contributed by atoms with Crippen molar-refractivity contribution in [1.29, 1.82) is 0 Å². The van der Waals surface area contributed by atoms with E-state index in [-0.39, 0.29) is 6.10 Å². The van der Waals surface area contributed by atoms with Crippen LogP contribution in [0.25, 0.3) is 0 Å². The minimum atomic E-state index is -0.0292. The van der Waals surface area contributed by atoms with Crippen LogP contribution in [0, 0.1) is 6.92 Å². The van der Waals surface area contributed by atoms with Crippen LogP contribution in [0.15, 0.2) is 97.6 Å². The van der Waals surface area contributed by atoms with Gasteiger partial charge in [-0.15, -0.1) is 0 Å². The lowest BCUT2D eigenvalue weighted by Crippen LogP contribution is -2.35. The van der Waals surface area contributed by atoms with E-state index in [4.69, 9.17) is 21.1 Å². The Balaban J connectivity index is 1.34. The van der Waals surface area contributed by atoms with Crippen LogP contribution >= 0.6 is 11.6 Å². The minimum absolute atomic E-state index is 0.0292. The second-order valence-electron chi connectivity index (χ2n) is 8.15. The zero-order chi connectivity index (χ0) is 22.9. The molecule has 0 aliphatic rings. The summed E-state index contributed by atoms with van der Waals surface area (Å²) in [6.07, 6.45) is 7.22. The van der Waals surface area contributed by atoms with Crippen LogP contribution in [-0.4, -0.2) is 11.2 Å². The monoisotopic (exact) mass is 461 g/mol. The van der Waals surface area contributed by atoms with E-state index in [1.807, 2.05) is 42.5 Å². The fraction of sp³-hybridized carbons (Fsp3) is 0.250. The molecule has 0 bridgehead atoms. The van der Waals surface area contributed by atoms with Crippen molar-refractivity contribution in [1.82, 2.24) is 4.57 Å². The summed E-state index contributed by atoms with van der Waals surface area (Å²) >= 11 is 6.01. The smallest absolute Gasteiger partial charge is 0.243 e. The highest BCUT2D eigenvalue weighted by molar-refractivity contribution is 6.30. The van der Waals surface area contributed by atoms with Crippen molar-refractivity contribution in [2.24, 2.45) is 0 Å². The number of ether oxygens (including phenoxy) is 2. The molecule has 0 fully saturated rings. The van der Waals surface area contributed by atoms with Gasteiger partial charge in [0, 0.05) is 11.4 Å². The average Bonchev–Trinajstić information content (AvgIpc) is 3.28. The van der Waals surface area contributed by atoms with E-state index in [0.717, 1.165) is 25.3 Å². The van der Waals surface area contributed by atoms with Gasteiger partial charge in [0.05, 0.1) is 19.8 Å². The fourth-order valence-electron chi connectivity index (χ4n) is 3.82. The molecule has 1 aromatic heterocycles. The minimum Gasteiger partial charge on any atom is -0.493 e. The van der Waals surface area contributed by atoms with Crippen LogP contribution in [-0.2, 0) is 24.4 Å². The first kappa shape index (κ1) is 23.1. The van der Waals surface area contributed by atoms with Crippen molar-refractivity contribution in [3.05, 3.63) is 119 Å². The lowest BCUT2D eigenvalue weighted by Gasteiger charge is -2.19. The second kappa shape index (κ2) is 11.7. The Morgan fingerprint density at radius 2 is 1.79 bits per heavy atom. The summed E-state index contributed by atoms with van der Waals surface area (Å²) in [6, 6.07) is 26.3. The molecule has 0 spiro atoms. The topological polar surface area (TPSA) is 27.3 Å². The Labute approximate surface area is 201 Å². The van der Waals surface area contributed by atoms with Gasteiger partial charge in [-0.3, -0.25) is 0 Å². The Bertz CT molecular complexity index is 1140. The summed E-state index contributed by atoms with van der Waals surface area (Å²) in [5.74, 6) is 0.807. The Hall–Kier alpha value is -3.08. The first-order chi connectivity index (χ1) is 16.2. The molecule has 1 atom stereocenters. The molecule has 4 rings (SSSR count). The molecule has 170 valence electrons. The van der Waals surface area contributed by atoms with Crippen LogP contribution < -0.4 is 9.30 Å². The summed E-state index contributed by atoms with van der Waals surface area (Å²) in [5.41, 5.74) is 3.65. The number of aromatic nitrogens is 2. The Kier molecular flexibility index (Phi) is 8.18. The van der Waals surface area contributed by atoms with Gasteiger partial charge in [-0.25, -0.2) is 9.13 Å². The Morgan fingerprint density at radius 1 is 0.970 bits per heavy atom. The lowest BCUT2D eigenvalue weighted by molar-refractivity contribution is -0.704. The average molecular weight is 462 g/mol. The van der Waals surface area contributed by atoms with Crippen molar-refractivity contribution in [2.75, 3.05) is 6.61 Å². The largest absolute Gasteiger partial charge is 0.493 e. The fourth-order valence-corrected chi connectivity index (χ4v) is 4.00. The lowest BCUT2D eigenvalue weighted by atomic mass is 10.0. The number of imidazole rings is 1. The molecule has 3 aromatic carbocycles. The van der Waals surface area contributed by atoms with Gasteiger partial charge in [0.1, 0.15) is 30.8 Å². The van der Waals surface area contributed by atoms with Gasteiger partial charge in [0.25, 0.3) is 0 Å². The molecule has 5 heteroatoms. The third kappa shape index (κ3) is 6.95. The van der Waals surface area contributed by atoms with E-state index < -0.39 is 0 Å². The number of benzene rings is 3. The standard InChI is InChI=1S/C28H30ClN2O2/c1-23-9-5-6-14-27(23)28(33-21-24-10-3-2-4-11-24)20-31-17-16-30(22-31)15-8-18-32-26-13-7-12-25(29)19-26/h2-7,9-14,16-17,19,22,28H,8,15,18,20-21H2,1H3/q+1. The zero-order valence-corrected chi connectivity index (χ0v) is 19.7. The van der Waals surface area contributed by atoms with Crippen LogP contribution in [0.1, 0.15) is 29.2 Å². The molecule has 0 aliphatic carbocycles. The maximum Gasteiger partial charge on any atom is 0.243 e. The highest BCUT2D eigenvalue weighted by Crippen LogP contribution is 2.23. The Morgan fingerprint density at radius 3 is 2.61 bits per heavy atom. The number of rotatable bonds is 11. The number of aryl methyl sites for hydroxylation is 2. The van der Waals surface area contributed by atoms with Crippen molar-refractivity contribution in [2.45, 2.75) is 39.1 Å². The van der Waals surface area contributed by atoms with Gasteiger partial charge in [0.2, 0.25) is 6.33 Å². The highest BCUT2D eigenvalue weighted by Gasteiger charge is 2.18. The van der Waals surface area contributed by atoms with Gasteiger partial charge in [-0.05, 0) is 41.8 Å². The second-order valence-corrected chi connectivity index (χ2v) is 8.59. The molecular formula is C28H30ClN2O2+. The number of hydrogen-bond acceptors (Lipinski definition) is 2. The third-order valence-electron chi connectivity index (χ3n) is 5.58. The van der Waals surface area contributed by atoms with Crippen LogP contribution in [0.5, 0.6) is 5.75 Å². The van der Waals surface area contributed by atoms with Gasteiger partial charge >= 0.3 is 0 Å². The van der Waals surface area contributed by atoms with Crippen LogP contribution in [0.2, 0.25) is 5.02 Å². The summed E-state index contributed by atoms with van der Waals surface area (Å²) in [5, 5.41) is 0.691. The molecule has 4 aromatic rings. The predicted octanol–water partition coefficient (Wildman–Crippen LogP) is 6.16. The van der Waals surface area contributed by atoms with Crippen molar-refractivity contribution < 1.29 is 14.0 Å². The molecule has 0 radical (unpaired) electrons. The van der Waals surface area contributed by atoms with E-state index >= 15 is 0 Å². The van der Waals surface area contributed by atoms with Crippen molar-refractivity contribution >= 4 is 11.6 Å². The number of halogens is 1. The molecule has 0 saturated carbocycles. The summed E-state index contributed by atoms with van der Waals surface area (Å²) < 4.78 is 16.6. The first-order valence-corrected chi connectivity index (χ1v) is 11.7. The summed E-state index contributed by atoms with van der Waals surface area (Å²) in [6.45, 7) is 5.01. The predicted molar refractivity (Wildman–Crippen MR) is 131 cm³/mol. The van der Waals surface area contributed by atoms with E-state index in [2.05, 4.69) is 71.2 Å². The van der Waals surface area contributed by atoms with E-state index in [9.17, 15) is 0 Å². The van der Waals surface area contributed by atoms with E-state index in [1.54, 1.807) is 0 Å². The number of hydrogen-bond donors (Lipinski definition) is 0. The van der Waals surface area contributed by atoms with Gasteiger partial charge in [-0.2, -0.15) is 0 Å². The quantitative estimate of drug-likeness (QED) is 0.197. The van der Waals surface area contributed by atoms with Crippen molar-refractivity contribution in [3.8, 4) is 5.75 Å². The van der Waals surface area contributed by atoms with E-state index in [0.29, 0.717) is 18.2 Å². The number of nitrogens with zero attached hydrogens (tertiary/aromatic N) is 2. The van der Waals surface area contributed by atoms with Crippen LogP contribution in [0.3, 0.4) is 0 Å². The first-order valence-electron chi connectivity index (χ1n) is 11.3. The maximum atomic E-state index is 6.40. The van der Waals surface area contributed by atoms with Crippen LogP contribution in [0.4, 0.5) is 0 Å². The van der Waals surface area contributed by atoms with E-state index in [1.165, 1.54) is 16.7 Å². The molecule has 0 saturated heterocycles. The molecule has 1 heterocycles. The third-order valence-corrected chi connectivity index (χ3v) is 5.81. The summed E-state index contributed by atoms with van der Waals surface area (Å²) in [7, 11) is 0. The molecule has 0 aliphatic heterocycles. The molecule has 33 heavy (non-hydrogen) atoms.